The van der Waals surface area contributed by atoms with E-state index in [-0.39, 0.29) is 11.3 Å². The molecule has 0 saturated carbocycles. The smallest absolute Gasteiger partial charge is 0.335 e. The van der Waals surface area contributed by atoms with E-state index in [9.17, 15) is 14.0 Å². The first-order valence-corrected chi connectivity index (χ1v) is 6.08. The van der Waals surface area contributed by atoms with Crippen molar-refractivity contribution in [2.45, 2.75) is 0 Å². The van der Waals surface area contributed by atoms with Gasteiger partial charge >= 0.3 is 5.97 Å². The third-order valence-corrected chi connectivity index (χ3v) is 3.06. The van der Waals surface area contributed by atoms with Gasteiger partial charge in [-0.25, -0.2) is 14.2 Å². The van der Waals surface area contributed by atoms with E-state index in [0.29, 0.717) is 16.6 Å². The minimum absolute atomic E-state index is 0.0760. The van der Waals surface area contributed by atoms with E-state index in [1.807, 2.05) is 0 Å². The van der Waals surface area contributed by atoms with Crippen LogP contribution in [-0.4, -0.2) is 21.0 Å². The van der Waals surface area contributed by atoms with Crippen molar-refractivity contribution in [3.8, 4) is 11.3 Å². The van der Waals surface area contributed by atoms with E-state index in [1.165, 1.54) is 42.5 Å². The van der Waals surface area contributed by atoms with E-state index in [1.54, 1.807) is 0 Å². The number of H-pyrrole nitrogens is 1. The zero-order valence-corrected chi connectivity index (χ0v) is 10.6. The summed E-state index contributed by atoms with van der Waals surface area (Å²) in [6.45, 7) is 0. The van der Waals surface area contributed by atoms with Crippen molar-refractivity contribution >= 4 is 17.0 Å². The summed E-state index contributed by atoms with van der Waals surface area (Å²) in [7, 11) is 0. The van der Waals surface area contributed by atoms with E-state index in [2.05, 4.69) is 9.97 Å². The number of benzene rings is 2. The molecule has 0 radical (unpaired) electrons. The highest BCUT2D eigenvalue weighted by molar-refractivity contribution is 5.92. The number of halogens is 1. The van der Waals surface area contributed by atoms with Crippen molar-refractivity contribution in [1.29, 1.82) is 0 Å². The van der Waals surface area contributed by atoms with Gasteiger partial charge in [0.05, 0.1) is 16.6 Å². The fourth-order valence-corrected chi connectivity index (χ4v) is 2.02. The lowest BCUT2D eigenvalue weighted by atomic mass is 10.1. The zero-order valence-electron chi connectivity index (χ0n) is 10.6. The van der Waals surface area contributed by atoms with Crippen molar-refractivity contribution in [2.75, 3.05) is 0 Å². The molecule has 3 rings (SSSR count). The number of nitrogens with one attached hydrogen (secondary N) is 1. The number of carbonyl (C=O) groups is 1. The normalized spacial score (nSPS) is 10.7. The van der Waals surface area contributed by atoms with Gasteiger partial charge < -0.3 is 10.1 Å². The van der Waals surface area contributed by atoms with Gasteiger partial charge in [0.2, 0.25) is 0 Å². The van der Waals surface area contributed by atoms with Gasteiger partial charge in [0.15, 0.2) is 0 Å². The van der Waals surface area contributed by atoms with Crippen molar-refractivity contribution < 1.29 is 14.3 Å². The van der Waals surface area contributed by atoms with Crippen LogP contribution in [0.4, 0.5) is 4.39 Å². The van der Waals surface area contributed by atoms with Crippen molar-refractivity contribution in [1.82, 2.24) is 9.97 Å². The van der Waals surface area contributed by atoms with Gasteiger partial charge in [-0.3, -0.25) is 4.79 Å². The highest BCUT2D eigenvalue weighted by Gasteiger charge is 2.10. The first-order valence-electron chi connectivity index (χ1n) is 6.08. The molecular weight excluding hydrogens is 275 g/mol. The number of aromatic nitrogens is 2. The number of fused-ring (bicyclic) bond motifs is 1. The SMILES string of the molecule is O=C(O)c1ccc2[nH]c(=O)c(-c3ccc(F)cc3)nc2c1. The molecule has 2 N–H and O–H groups in total. The molecule has 1 aromatic heterocycles. The van der Waals surface area contributed by atoms with Gasteiger partial charge in [-0.15, -0.1) is 0 Å². The predicted molar refractivity (Wildman–Crippen MR) is 74.7 cm³/mol. The Kier molecular flexibility index (Phi) is 2.98. The summed E-state index contributed by atoms with van der Waals surface area (Å²) in [5.41, 5.74) is 1.03. The molecule has 0 fully saturated rings. The lowest BCUT2D eigenvalue weighted by molar-refractivity contribution is 0.0697. The van der Waals surface area contributed by atoms with Crippen LogP contribution in [0.5, 0.6) is 0 Å². The molecule has 0 amide bonds. The van der Waals surface area contributed by atoms with Gasteiger partial charge in [-0.05, 0) is 42.5 Å². The van der Waals surface area contributed by atoms with Crippen LogP contribution in [0, 0.1) is 5.82 Å². The maximum absolute atomic E-state index is 12.9. The Morgan fingerprint density at radius 1 is 1.14 bits per heavy atom. The van der Waals surface area contributed by atoms with E-state index in [4.69, 9.17) is 5.11 Å². The molecule has 6 heteroatoms. The average Bonchev–Trinajstić information content (AvgIpc) is 2.47. The second-order valence-electron chi connectivity index (χ2n) is 4.46. The Labute approximate surface area is 117 Å². The number of aromatic amines is 1. The first-order chi connectivity index (χ1) is 10.0. The monoisotopic (exact) mass is 284 g/mol. The van der Waals surface area contributed by atoms with E-state index >= 15 is 0 Å². The van der Waals surface area contributed by atoms with Crippen molar-refractivity contribution in [2.24, 2.45) is 0 Å². The summed E-state index contributed by atoms with van der Waals surface area (Å²) in [6.07, 6.45) is 0. The predicted octanol–water partition coefficient (Wildman–Crippen LogP) is 2.43. The van der Waals surface area contributed by atoms with Crippen LogP contribution in [0.2, 0.25) is 0 Å². The summed E-state index contributed by atoms with van der Waals surface area (Å²) < 4.78 is 12.9. The van der Waals surface area contributed by atoms with Gasteiger partial charge in [0.1, 0.15) is 11.5 Å². The summed E-state index contributed by atoms with van der Waals surface area (Å²) in [4.78, 5) is 29.8. The second kappa shape index (κ2) is 4.82. The Balaban J connectivity index is 2.23. The molecule has 0 saturated heterocycles. The highest BCUT2D eigenvalue weighted by Crippen LogP contribution is 2.17. The molecule has 0 bridgehead atoms. The average molecular weight is 284 g/mol. The van der Waals surface area contributed by atoms with Crippen LogP contribution in [0.1, 0.15) is 10.4 Å². The minimum Gasteiger partial charge on any atom is -0.478 e. The van der Waals surface area contributed by atoms with E-state index < -0.39 is 17.3 Å². The van der Waals surface area contributed by atoms with Crippen LogP contribution in [-0.2, 0) is 0 Å². The van der Waals surface area contributed by atoms with Gasteiger partial charge in [-0.1, -0.05) is 0 Å². The van der Waals surface area contributed by atoms with Crippen LogP contribution < -0.4 is 5.56 Å². The molecule has 5 nitrogen and oxygen atoms in total. The standard InChI is InChI=1S/C15H9FN2O3/c16-10-4-1-8(2-5-10)13-14(19)18-11-6-3-9(15(20)21)7-12(11)17-13/h1-7H,(H,18,19)(H,20,21). The molecule has 0 unspecified atom stereocenters. The Morgan fingerprint density at radius 3 is 2.52 bits per heavy atom. The topological polar surface area (TPSA) is 83.0 Å². The largest absolute Gasteiger partial charge is 0.478 e. The van der Waals surface area contributed by atoms with E-state index in [0.717, 1.165) is 0 Å². The molecule has 0 aliphatic rings. The highest BCUT2D eigenvalue weighted by atomic mass is 19.1. The summed E-state index contributed by atoms with van der Waals surface area (Å²) >= 11 is 0. The van der Waals surface area contributed by atoms with Crippen molar-refractivity contribution in [3.05, 3.63) is 64.2 Å². The summed E-state index contributed by atoms with van der Waals surface area (Å²) in [5.74, 6) is -1.49. The fourth-order valence-electron chi connectivity index (χ4n) is 2.02. The number of hydrogen-bond donors (Lipinski definition) is 2. The molecule has 0 aliphatic heterocycles. The molecule has 3 aromatic rings. The van der Waals surface area contributed by atoms with Crippen LogP contribution in [0.15, 0.2) is 47.3 Å². The first kappa shape index (κ1) is 13.0. The number of nitrogens with zero attached hydrogens (tertiary/aromatic N) is 1. The van der Waals surface area contributed by atoms with Gasteiger partial charge in [0, 0.05) is 5.56 Å². The quantitative estimate of drug-likeness (QED) is 0.757. The number of carboxylic acids is 1. The third-order valence-electron chi connectivity index (χ3n) is 3.06. The Morgan fingerprint density at radius 2 is 1.86 bits per heavy atom. The molecule has 0 atom stereocenters. The van der Waals surface area contributed by atoms with Crippen LogP contribution in [0.25, 0.3) is 22.3 Å². The molecule has 1 heterocycles. The zero-order chi connectivity index (χ0) is 15.0. The number of rotatable bonds is 2. The molecule has 21 heavy (non-hydrogen) atoms. The van der Waals surface area contributed by atoms with Crippen LogP contribution in [0.3, 0.4) is 0 Å². The Hall–Kier alpha value is -3.02. The third kappa shape index (κ3) is 2.38. The molecule has 0 aliphatic carbocycles. The minimum atomic E-state index is -1.08. The van der Waals surface area contributed by atoms with Gasteiger partial charge in [-0.2, -0.15) is 0 Å². The molecular formula is C15H9FN2O3. The summed E-state index contributed by atoms with van der Waals surface area (Å²) in [6, 6.07) is 9.60. The number of aromatic carboxylic acids is 1. The summed E-state index contributed by atoms with van der Waals surface area (Å²) in [5, 5.41) is 8.97. The van der Waals surface area contributed by atoms with Crippen LogP contribution >= 0.6 is 0 Å². The molecule has 0 spiro atoms. The number of hydrogen-bond acceptors (Lipinski definition) is 3. The van der Waals surface area contributed by atoms with Crippen molar-refractivity contribution in [3.63, 3.8) is 0 Å². The molecule has 2 aromatic carbocycles. The lowest BCUT2D eigenvalue weighted by Gasteiger charge is -2.04. The maximum Gasteiger partial charge on any atom is 0.335 e. The number of carboxylic acid groups (broad SMARTS) is 1. The van der Waals surface area contributed by atoms with Gasteiger partial charge in [0.25, 0.3) is 5.56 Å². The fraction of sp³-hybridized carbons (Fsp3) is 0. The molecule has 104 valence electrons. The second-order valence-corrected chi connectivity index (χ2v) is 4.46. The maximum atomic E-state index is 12.9. The Bertz CT molecular complexity index is 901. The lowest BCUT2D eigenvalue weighted by Crippen LogP contribution is -2.12.